The van der Waals surface area contributed by atoms with Gasteiger partial charge in [-0.25, -0.2) is 0 Å². The Morgan fingerprint density at radius 1 is 1.24 bits per heavy atom. The minimum Gasteiger partial charge on any atom is -0.323 e. The van der Waals surface area contributed by atoms with Crippen LogP contribution in [0.3, 0.4) is 0 Å². The molecule has 2 aromatic rings. The van der Waals surface area contributed by atoms with Crippen LogP contribution in [-0.2, 0) is 0 Å². The highest BCUT2D eigenvalue weighted by atomic mass is 32.1. The molecular formula is C15H19NS. The molecule has 1 aromatic heterocycles. The number of nitrogens with two attached hydrogens (primary N) is 1. The number of thiophene rings is 1. The van der Waals surface area contributed by atoms with Crippen molar-refractivity contribution in [2.24, 2.45) is 5.73 Å². The quantitative estimate of drug-likeness (QED) is 0.841. The normalized spacial score (nSPS) is 12.6. The zero-order valence-corrected chi connectivity index (χ0v) is 11.3. The molecule has 1 atom stereocenters. The fraction of sp³-hybridized carbons (Fsp3) is 0.333. The van der Waals surface area contributed by atoms with Gasteiger partial charge in [0.15, 0.2) is 0 Å². The van der Waals surface area contributed by atoms with Crippen LogP contribution in [0.1, 0.15) is 36.2 Å². The highest BCUT2D eigenvalue weighted by molar-refractivity contribution is 7.15. The average Bonchev–Trinajstić information content (AvgIpc) is 2.73. The molecule has 0 radical (unpaired) electrons. The molecule has 0 aliphatic heterocycles. The predicted molar refractivity (Wildman–Crippen MR) is 76.3 cm³/mol. The smallest absolute Gasteiger partial charge is 0.0389 e. The molecule has 90 valence electrons. The second kappa shape index (κ2) is 5.48. The molecule has 1 aromatic carbocycles. The molecule has 1 nitrogen and oxygen atoms in total. The maximum absolute atomic E-state index is 6.18. The summed E-state index contributed by atoms with van der Waals surface area (Å²) in [4.78, 5) is 2.66. The topological polar surface area (TPSA) is 26.0 Å². The molecule has 0 aliphatic carbocycles. The van der Waals surface area contributed by atoms with E-state index in [1.807, 2.05) is 11.3 Å². The van der Waals surface area contributed by atoms with Crippen LogP contribution in [0.2, 0.25) is 0 Å². The lowest BCUT2D eigenvalue weighted by Gasteiger charge is -2.06. The summed E-state index contributed by atoms with van der Waals surface area (Å²) in [5, 5.41) is 0. The largest absolute Gasteiger partial charge is 0.323 e. The molecular weight excluding hydrogens is 226 g/mol. The molecule has 0 fully saturated rings. The number of rotatable bonds is 4. The fourth-order valence-corrected chi connectivity index (χ4v) is 3.23. The first-order valence-corrected chi connectivity index (χ1v) is 6.95. The monoisotopic (exact) mass is 245 g/mol. The molecule has 2 heteroatoms. The Morgan fingerprint density at radius 3 is 2.59 bits per heavy atom. The predicted octanol–water partition coefficient (Wildman–Crippen LogP) is 4.52. The second-order valence-corrected chi connectivity index (χ2v) is 5.51. The van der Waals surface area contributed by atoms with Crippen LogP contribution >= 0.6 is 11.3 Å². The first kappa shape index (κ1) is 12.3. The lowest BCUT2D eigenvalue weighted by atomic mass is 10.1. The second-order valence-electron chi connectivity index (χ2n) is 4.42. The van der Waals surface area contributed by atoms with Crippen molar-refractivity contribution in [2.75, 3.05) is 0 Å². The van der Waals surface area contributed by atoms with Crippen molar-refractivity contribution in [3.8, 4) is 10.4 Å². The maximum Gasteiger partial charge on any atom is 0.0389 e. The highest BCUT2D eigenvalue weighted by Crippen LogP contribution is 2.35. The maximum atomic E-state index is 6.18. The van der Waals surface area contributed by atoms with E-state index in [1.165, 1.54) is 20.9 Å². The number of benzene rings is 1. The summed E-state index contributed by atoms with van der Waals surface area (Å²) in [6.07, 6.45) is 2.20. The zero-order valence-electron chi connectivity index (χ0n) is 10.4. The van der Waals surface area contributed by atoms with E-state index in [4.69, 9.17) is 5.73 Å². The van der Waals surface area contributed by atoms with Gasteiger partial charge in [-0.15, -0.1) is 11.3 Å². The molecule has 1 heterocycles. The van der Waals surface area contributed by atoms with E-state index < -0.39 is 0 Å². The molecule has 1 unspecified atom stereocenters. The minimum absolute atomic E-state index is 0.196. The third kappa shape index (κ3) is 2.76. The minimum atomic E-state index is 0.196. The van der Waals surface area contributed by atoms with Gasteiger partial charge in [0.25, 0.3) is 0 Å². The van der Waals surface area contributed by atoms with E-state index in [2.05, 4.69) is 50.2 Å². The molecule has 0 aliphatic rings. The van der Waals surface area contributed by atoms with Crippen LogP contribution in [0, 0.1) is 6.92 Å². The molecule has 0 spiro atoms. The molecule has 2 rings (SSSR count). The molecule has 17 heavy (non-hydrogen) atoms. The van der Waals surface area contributed by atoms with Crippen LogP contribution < -0.4 is 5.73 Å². The van der Waals surface area contributed by atoms with Gasteiger partial charge in [0.2, 0.25) is 0 Å². The van der Waals surface area contributed by atoms with Crippen molar-refractivity contribution in [3.63, 3.8) is 0 Å². The fourth-order valence-electron chi connectivity index (χ4n) is 2.02. The lowest BCUT2D eigenvalue weighted by Crippen LogP contribution is -2.07. The molecule has 0 bridgehead atoms. The van der Waals surface area contributed by atoms with Gasteiger partial charge in [-0.3, -0.25) is 0 Å². The van der Waals surface area contributed by atoms with Crippen molar-refractivity contribution in [3.05, 3.63) is 46.8 Å². The summed E-state index contributed by atoms with van der Waals surface area (Å²) < 4.78 is 0. The Hall–Kier alpha value is -1.12. The average molecular weight is 245 g/mol. The van der Waals surface area contributed by atoms with E-state index in [1.54, 1.807) is 0 Å². The van der Waals surface area contributed by atoms with Gasteiger partial charge in [0.05, 0.1) is 0 Å². The van der Waals surface area contributed by atoms with E-state index >= 15 is 0 Å². The Balaban J connectivity index is 2.31. The summed E-state index contributed by atoms with van der Waals surface area (Å²) in [5.74, 6) is 0. The van der Waals surface area contributed by atoms with Crippen LogP contribution in [0.5, 0.6) is 0 Å². The lowest BCUT2D eigenvalue weighted by molar-refractivity contribution is 0.648. The summed E-state index contributed by atoms with van der Waals surface area (Å²) in [7, 11) is 0. The molecule has 0 saturated heterocycles. The van der Waals surface area contributed by atoms with Crippen molar-refractivity contribution in [1.82, 2.24) is 0 Å². The first-order chi connectivity index (χ1) is 8.22. The van der Waals surface area contributed by atoms with E-state index in [0.29, 0.717) is 0 Å². The van der Waals surface area contributed by atoms with Crippen molar-refractivity contribution in [2.45, 2.75) is 32.7 Å². The Bertz CT molecular complexity index is 473. The van der Waals surface area contributed by atoms with Gasteiger partial charge in [-0.05, 0) is 30.5 Å². The van der Waals surface area contributed by atoms with E-state index in [-0.39, 0.29) is 6.04 Å². The Labute approximate surface area is 107 Å². The van der Waals surface area contributed by atoms with Crippen LogP contribution in [0.25, 0.3) is 10.4 Å². The number of hydrogen-bond acceptors (Lipinski definition) is 2. The van der Waals surface area contributed by atoms with Gasteiger partial charge in [0, 0.05) is 15.8 Å². The standard InChI is InChI=1S/C15H19NS/c1-3-7-13(16)14-10-11(2)15(17-14)12-8-5-4-6-9-12/h4-6,8-10,13H,3,7,16H2,1-2H3. The number of aryl methyl sites for hydroxylation is 1. The SMILES string of the molecule is CCCC(N)c1cc(C)c(-c2ccccc2)s1. The van der Waals surface area contributed by atoms with Gasteiger partial charge >= 0.3 is 0 Å². The van der Waals surface area contributed by atoms with Crippen LogP contribution in [-0.4, -0.2) is 0 Å². The van der Waals surface area contributed by atoms with Crippen LogP contribution in [0.4, 0.5) is 0 Å². The van der Waals surface area contributed by atoms with Crippen molar-refractivity contribution in [1.29, 1.82) is 0 Å². The summed E-state index contributed by atoms with van der Waals surface area (Å²) in [6, 6.07) is 13.0. The zero-order chi connectivity index (χ0) is 12.3. The third-order valence-corrected chi connectivity index (χ3v) is 4.36. The van der Waals surface area contributed by atoms with Crippen molar-refractivity contribution < 1.29 is 0 Å². The highest BCUT2D eigenvalue weighted by Gasteiger charge is 2.12. The number of hydrogen-bond donors (Lipinski definition) is 1. The Morgan fingerprint density at radius 2 is 1.94 bits per heavy atom. The Kier molecular flexibility index (Phi) is 3.97. The summed E-state index contributed by atoms with van der Waals surface area (Å²) >= 11 is 1.84. The summed E-state index contributed by atoms with van der Waals surface area (Å²) in [6.45, 7) is 4.35. The molecule has 0 saturated carbocycles. The molecule has 2 N–H and O–H groups in total. The van der Waals surface area contributed by atoms with E-state index in [9.17, 15) is 0 Å². The molecule has 0 amide bonds. The first-order valence-electron chi connectivity index (χ1n) is 6.13. The van der Waals surface area contributed by atoms with Gasteiger partial charge in [0.1, 0.15) is 0 Å². The van der Waals surface area contributed by atoms with Crippen LogP contribution in [0.15, 0.2) is 36.4 Å². The van der Waals surface area contributed by atoms with Gasteiger partial charge in [-0.2, -0.15) is 0 Å². The van der Waals surface area contributed by atoms with E-state index in [0.717, 1.165) is 12.8 Å². The third-order valence-electron chi connectivity index (χ3n) is 2.94. The van der Waals surface area contributed by atoms with Gasteiger partial charge < -0.3 is 5.73 Å². The van der Waals surface area contributed by atoms with Crippen molar-refractivity contribution >= 4 is 11.3 Å². The van der Waals surface area contributed by atoms with Gasteiger partial charge in [-0.1, -0.05) is 43.7 Å². The summed E-state index contributed by atoms with van der Waals surface area (Å²) in [5.41, 5.74) is 8.81.